The first kappa shape index (κ1) is 12.2. The molecule has 0 radical (unpaired) electrons. The molecule has 1 aromatic heterocycles. The van der Waals surface area contributed by atoms with Crippen LogP contribution < -0.4 is 5.32 Å². The Labute approximate surface area is 92.6 Å². The van der Waals surface area contributed by atoms with Crippen molar-refractivity contribution in [1.82, 2.24) is 10.5 Å². The topological polar surface area (TPSA) is 92.4 Å². The second-order valence-electron chi connectivity index (χ2n) is 3.65. The van der Waals surface area contributed by atoms with Gasteiger partial charge in [-0.3, -0.25) is 9.59 Å². The summed E-state index contributed by atoms with van der Waals surface area (Å²) < 4.78 is 4.84. The zero-order valence-electron chi connectivity index (χ0n) is 9.40. The van der Waals surface area contributed by atoms with Gasteiger partial charge in [-0.15, -0.1) is 0 Å². The highest BCUT2D eigenvalue weighted by Gasteiger charge is 2.19. The first-order chi connectivity index (χ1) is 7.43. The number of hydrogen-bond acceptors (Lipinski definition) is 4. The summed E-state index contributed by atoms with van der Waals surface area (Å²) in [4.78, 5) is 22.2. The largest absolute Gasteiger partial charge is 0.481 e. The van der Waals surface area contributed by atoms with Gasteiger partial charge in [0.25, 0.3) is 5.91 Å². The Kier molecular flexibility index (Phi) is 3.65. The van der Waals surface area contributed by atoms with E-state index in [-0.39, 0.29) is 12.5 Å². The fourth-order valence-electron chi connectivity index (χ4n) is 1.23. The minimum absolute atomic E-state index is 0.0816. The van der Waals surface area contributed by atoms with Crippen LogP contribution in [0, 0.1) is 19.8 Å². The summed E-state index contributed by atoms with van der Waals surface area (Å²) in [5.41, 5.74) is 0.871. The molecule has 2 N–H and O–H groups in total. The lowest BCUT2D eigenvalue weighted by Gasteiger charge is -2.07. The van der Waals surface area contributed by atoms with Crippen molar-refractivity contribution in [1.29, 1.82) is 0 Å². The first-order valence-corrected chi connectivity index (χ1v) is 4.87. The van der Waals surface area contributed by atoms with E-state index < -0.39 is 11.9 Å². The molecule has 0 fully saturated rings. The predicted molar refractivity (Wildman–Crippen MR) is 55.1 cm³/mol. The van der Waals surface area contributed by atoms with E-state index in [2.05, 4.69) is 10.5 Å². The molecule has 0 spiro atoms. The molecular formula is C10H14N2O4. The molecule has 0 aliphatic heterocycles. The average molecular weight is 226 g/mol. The number of carbonyl (C=O) groups excluding carboxylic acids is 1. The van der Waals surface area contributed by atoms with Crippen molar-refractivity contribution < 1.29 is 19.2 Å². The Hall–Kier alpha value is -1.85. The second kappa shape index (κ2) is 4.78. The molecule has 0 aliphatic rings. The van der Waals surface area contributed by atoms with Gasteiger partial charge in [-0.1, -0.05) is 12.1 Å². The Bertz CT molecular complexity index is 391. The van der Waals surface area contributed by atoms with Gasteiger partial charge < -0.3 is 14.9 Å². The zero-order chi connectivity index (χ0) is 12.3. The molecule has 1 heterocycles. The lowest BCUT2D eigenvalue weighted by atomic mass is 10.1. The van der Waals surface area contributed by atoms with Crippen LogP contribution in [0.25, 0.3) is 0 Å². The number of aryl methyl sites for hydroxylation is 2. The standard InChI is InChI=1S/C10H14N2O4/c1-5(10(14)15)4-11-9(13)8-6(2)12-16-7(8)3/h5H,4H2,1-3H3,(H,11,13)(H,14,15). The summed E-state index contributed by atoms with van der Waals surface area (Å²) in [5, 5.41) is 14.8. The Balaban J connectivity index is 2.63. The van der Waals surface area contributed by atoms with Crippen molar-refractivity contribution in [2.45, 2.75) is 20.8 Å². The van der Waals surface area contributed by atoms with Crippen LogP contribution in [0.2, 0.25) is 0 Å². The van der Waals surface area contributed by atoms with E-state index in [1.54, 1.807) is 13.8 Å². The maximum absolute atomic E-state index is 11.7. The van der Waals surface area contributed by atoms with Crippen molar-refractivity contribution >= 4 is 11.9 Å². The molecule has 0 aliphatic carbocycles. The number of carboxylic acid groups (broad SMARTS) is 1. The lowest BCUT2D eigenvalue weighted by Crippen LogP contribution is -2.31. The molecule has 0 bridgehead atoms. The highest BCUT2D eigenvalue weighted by Crippen LogP contribution is 2.11. The normalized spacial score (nSPS) is 12.2. The molecule has 0 aromatic carbocycles. The van der Waals surface area contributed by atoms with Crippen molar-refractivity contribution in [2.24, 2.45) is 5.92 Å². The fourth-order valence-corrected chi connectivity index (χ4v) is 1.23. The van der Waals surface area contributed by atoms with Gasteiger partial charge in [-0.2, -0.15) is 0 Å². The summed E-state index contributed by atoms with van der Waals surface area (Å²) in [5.74, 6) is -1.49. The van der Waals surface area contributed by atoms with Gasteiger partial charge in [-0.25, -0.2) is 0 Å². The molecule has 1 aromatic rings. The van der Waals surface area contributed by atoms with E-state index in [4.69, 9.17) is 9.63 Å². The predicted octanol–water partition coefficient (Wildman–Crippen LogP) is 0.742. The third kappa shape index (κ3) is 2.59. The monoisotopic (exact) mass is 226 g/mol. The molecule has 1 rings (SSSR count). The second-order valence-corrected chi connectivity index (χ2v) is 3.65. The Morgan fingerprint density at radius 2 is 2.12 bits per heavy atom. The van der Waals surface area contributed by atoms with E-state index in [0.717, 1.165) is 0 Å². The van der Waals surface area contributed by atoms with Crippen LogP contribution in [0.15, 0.2) is 4.52 Å². The van der Waals surface area contributed by atoms with E-state index in [1.807, 2.05) is 0 Å². The number of amides is 1. The van der Waals surface area contributed by atoms with Gasteiger partial charge in [0, 0.05) is 6.54 Å². The fraction of sp³-hybridized carbons (Fsp3) is 0.500. The smallest absolute Gasteiger partial charge is 0.308 e. The van der Waals surface area contributed by atoms with Crippen molar-refractivity contribution in [3.63, 3.8) is 0 Å². The molecule has 6 nitrogen and oxygen atoms in total. The number of hydrogen-bond donors (Lipinski definition) is 2. The minimum atomic E-state index is -0.945. The van der Waals surface area contributed by atoms with Crippen LogP contribution in [0.4, 0.5) is 0 Å². The molecule has 16 heavy (non-hydrogen) atoms. The highest BCUT2D eigenvalue weighted by molar-refractivity contribution is 5.96. The molecule has 1 atom stereocenters. The van der Waals surface area contributed by atoms with Gasteiger partial charge >= 0.3 is 5.97 Å². The summed E-state index contributed by atoms with van der Waals surface area (Å²) in [6.45, 7) is 4.90. The van der Waals surface area contributed by atoms with Gasteiger partial charge in [-0.05, 0) is 13.8 Å². The van der Waals surface area contributed by atoms with E-state index in [0.29, 0.717) is 17.0 Å². The summed E-state index contributed by atoms with van der Waals surface area (Å²) in [7, 11) is 0. The summed E-state index contributed by atoms with van der Waals surface area (Å²) >= 11 is 0. The van der Waals surface area contributed by atoms with Crippen LogP contribution in [0.5, 0.6) is 0 Å². The molecule has 88 valence electrons. The average Bonchev–Trinajstić information content (AvgIpc) is 2.54. The third-order valence-corrected chi connectivity index (χ3v) is 2.25. The van der Waals surface area contributed by atoms with E-state index >= 15 is 0 Å². The van der Waals surface area contributed by atoms with E-state index in [9.17, 15) is 9.59 Å². The Morgan fingerprint density at radius 1 is 1.50 bits per heavy atom. The number of nitrogens with zero attached hydrogens (tertiary/aromatic N) is 1. The van der Waals surface area contributed by atoms with Crippen LogP contribution in [-0.2, 0) is 4.79 Å². The van der Waals surface area contributed by atoms with Crippen LogP contribution >= 0.6 is 0 Å². The molecule has 1 amide bonds. The van der Waals surface area contributed by atoms with Gasteiger partial charge in [0.15, 0.2) is 0 Å². The maximum Gasteiger partial charge on any atom is 0.308 e. The molecule has 1 unspecified atom stereocenters. The molecular weight excluding hydrogens is 212 g/mol. The molecule has 6 heteroatoms. The minimum Gasteiger partial charge on any atom is -0.481 e. The SMILES string of the molecule is Cc1noc(C)c1C(=O)NCC(C)C(=O)O. The number of carboxylic acids is 1. The number of nitrogens with one attached hydrogen (secondary N) is 1. The van der Waals surface area contributed by atoms with Crippen LogP contribution in [0.3, 0.4) is 0 Å². The summed E-state index contributed by atoms with van der Waals surface area (Å²) in [6.07, 6.45) is 0. The molecule has 0 saturated carbocycles. The summed E-state index contributed by atoms with van der Waals surface area (Å²) in [6, 6.07) is 0. The van der Waals surface area contributed by atoms with E-state index in [1.165, 1.54) is 6.92 Å². The number of rotatable bonds is 4. The quantitative estimate of drug-likeness (QED) is 0.790. The zero-order valence-corrected chi connectivity index (χ0v) is 9.40. The number of carbonyl (C=O) groups is 2. The van der Waals surface area contributed by atoms with Crippen molar-refractivity contribution in [2.75, 3.05) is 6.54 Å². The van der Waals surface area contributed by atoms with Gasteiger partial charge in [0.1, 0.15) is 11.3 Å². The van der Waals surface area contributed by atoms with Crippen molar-refractivity contribution in [3.05, 3.63) is 17.0 Å². The number of aromatic nitrogens is 1. The Morgan fingerprint density at radius 3 is 2.56 bits per heavy atom. The van der Waals surface area contributed by atoms with Crippen LogP contribution in [-0.4, -0.2) is 28.7 Å². The maximum atomic E-state index is 11.7. The lowest BCUT2D eigenvalue weighted by molar-refractivity contribution is -0.140. The van der Waals surface area contributed by atoms with Gasteiger partial charge in [0.2, 0.25) is 0 Å². The third-order valence-electron chi connectivity index (χ3n) is 2.25. The number of aliphatic carboxylic acids is 1. The molecule has 0 saturated heterocycles. The highest BCUT2D eigenvalue weighted by atomic mass is 16.5. The van der Waals surface area contributed by atoms with Crippen molar-refractivity contribution in [3.8, 4) is 0 Å². The van der Waals surface area contributed by atoms with Gasteiger partial charge in [0.05, 0.1) is 11.6 Å². The van der Waals surface area contributed by atoms with Crippen LogP contribution in [0.1, 0.15) is 28.7 Å². The first-order valence-electron chi connectivity index (χ1n) is 4.87.